The highest BCUT2D eigenvalue weighted by atomic mass is 32.2. The molecular formula is C18H20N2O7S2. The Hall–Kier alpha value is -2.79. The zero-order valence-electron chi connectivity index (χ0n) is 15.9. The molecule has 3 rings (SSSR count). The van der Waals surface area contributed by atoms with E-state index in [1.807, 2.05) is 0 Å². The van der Waals surface area contributed by atoms with Crippen LogP contribution in [0.2, 0.25) is 0 Å². The Kier molecular flexibility index (Phi) is 5.46. The van der Waals surface area contributed by atoms with Gasteiger partial charge >= 0.3 is 0 Å². The van der Waals surface area contributed by atoms with Gasteiger partial charge in [0.2, 0.25) is 15.9 Å². The third-order valence-electron chi connectivity index (χ3n) is 4.40. The van der Waals surface area contributed by atoms with E-state index in [0.717, 1.165) is 0 Å². The summed E-state index contributed by atoms with van der Waals surface area (Å²) in [7, 11) is -4.87. The molecule has 11 heteroatoms. The molecule has 9 nitrogen and oxygen atoms in total. The summed E-state index contributed by atoms with van der Waals surface area (Å²) in [4.78, 5) is 12.1. The van der Waals surface area contributed by atoms with Crippen LogP contribution in [0.15, 0.2) is 47.4 Å². The predicted molar refractivity (Wildman–Crippen MR) is 107 cm³/mol. The van der Waals surface area contributed by atoms with E-state index in [-0.39, 0.29) is 27.8 Å². The van der Waals surface area contributed by atoms with Crippen molar-refractivity contribution in [1.29, 1.82) is 0 Å². The lowest BCUT2D eigenvalue weighted by Crippen LogP contribution is -2.30. The number of nitrogens with one attached hydrogen (secondary N) is 1. The molecule has 1 aliphatic rings. The lowest BCUT2D eigenvalue weighted by Gasteiger charge is -2.16. The number of amides is 1. The number of hydrogen-bond acceptors (Lipinski definition) is 7. The van der Waals surface area contributed by atoms with Crippen molar-refractivity contribution in [3.8, 4) is 11.5 Å². The second-order valence-corrected chi connectivity index (χ2v) is 9.99. The Bertz CT molecular complexity index is 1140. The fourth-order valence-electron chi connectivity index (χ4n) is 2.93. The van der Waals surface area contributed by atoms with Gasteiger partial charge in [0, 0.05) is 6.07 Å². The summed E-state index contributed by atoms with van der Waals surface area (Å²) in [5, 5.41) is 0. The van der Waals surface area contributed by atoms with Crippen LogP contribution in [-0.2, 0) is 24.8 Å². The Labute approximate surface area is 169 Å². The summed E-state index contributed by atoms with van der Waals surface area (Å²) in [5.74, 6) is -0.688. The van der Waals surface area contributed by atoms with E-state index in [1.54, 1.807) is 6.07 Å². The molecule has 1 amide bonds. The summed E-state index contributed by atoms with van der Waals surface area (Å²) in [5.41, 5.74) is 0.309. The van der Waals surface area contributed by atoms with E-state index in [9.17, 15) is 21.6 Å². The minimum atomic E-state index is -3.98. The molecule has 29 heavy (non-hydrogen) atoms. The molecule has 0 aliphatic carbocycles. The smallest absolute Gasteiger partial charge is 0.262 e. The second-order valence-electron chi connectivity index (χ2n) is 6.45. The van der Waals surface area contributed by atoms with Crippen LogP contribution in [0.4, 0.5) is 11.4 Å². The monoisotopic (exact) mass is 440 g/mol. The molecule has 1 atom stereocenters. The van der Waals surface area contributed by atoms with Gasteiger partial charge in [-0.25, -0.2) is 21.1 Å². The highest BCUT2D eigenvalue weighted by Gasteiger charge is 2.42. The minimum absolute atomic E-state index is 0.0975. The molecule has 2 aromatic rings. The van der Waals surface area contributed by atoms with Crippen LogP contribution < -0.4 is 18.5 Å². The number of ether oxygens (including phenoxy) is 2. The Morgan fingerprint density at radius 1 is 1.07 bits per heavy atom. The predicted octanol–water partition coefficient (Wildman–Crippen LogP) is 1.82. The van der Waals surface area contributed by atoms with Gasteiger partial charge in [-0.05, 0) is 36.4 Å². The van der Waals surface area contributed by atoms with Gasteiger partial charge in [0.25, 0.3) is 10.0 Å². The van der Waals surface area contributed by atoms with Crippen LogP contribution in [0.25, 0.3) is 0 Å². The third kappa shape index (κ3) is 4.01. The maximum absolute atomic E-state index is 12.7. The quantitative estimate of drug-likeness (QED) is 0.728. The molecule has 1 aliphatic heterocycles. The van der Waals surface area contributed by atoms with Crippen molar-refractivity contribution in [1.82, 2.24) is 0 Å². The Morgan fingerprint density at radius 3 is 2.24 bits per heavy atom. The van der Waals surface area contributed by atoms with Crippen molar-refractivity contribution < 1.29 is 31.1 Å². The van der Waals surface area contributed by atoms with Gasteiger partial charge in [0.15, 0.2) is 0 Å². The highest BCUT2D eigenvalue weighted by Crippen LogP contribution is 2.32. The summed E-state index contributed by atoms with van der Waals surface area (Å²) >= 11 is 0. The second kappa shape index (κ2) is 7.56. The van der Waals surface area contributed by atoms with E-state index in [2.05, 4.69) is 4.72 Å². The van der Waals surface area contributed by atoms with Gasteiger partial charge in [-0.1, -0.05) is 6.92 Å². The van der Waals surface area contributed by atoms with E-state index in [4.69, 9.17) is 9.47 Å². The Morgan fingerprint density at radius 2 is 1.72 bits per heavy atom. The summed E-state index contributed by atoms with van der Waals surface area (Å²) < 4.78 is 63.2. The van der Waals surface area contributed by atoms with Gasteiger partial charge in [-0.15, -0.1) is 0 Å². The minimum Gasteiger partial charge on any atom is -0.497 e. The lowest BCUT2D eigenvalue weighted by molar-refractivity contribution is -0.119. The van der Waals surface area contributed by atoms with Crippen LogP contribution in [-0.4, -0.2) is 42.7 Å². The van der Waals surface area contributed by atoms with Crippen LogP contribution in [0.3, 0.4) is 0 Å². The number of hydrogen-bond donors (Lipinski definition) is 1. The van der Waals surface area contributed by atoms with E-state index >= 15 is 0 Å². The van der Waals surface area contributed by atoms with Crippen molar-refractivity contribution in [2.24, 2.45) is 5.92 Å². The first-order valence-corrected chi connectivity index (χ1v) is 11.6. The normalized spacial score (nSPS) is 18.5. The Balaban J connectivity index is 1.89. The molecule has 1 fully saturated rings. The SMILES string of the molecule is COc1ccc(NS(=O)(=O)c2ccc(N3C(=O)C(C)CS3(=O)=O)cc2)c(OC)c1. The number of sulfonamides is 2. The topological polar surface area (TPSA) is 119 Å². The van der Waals surface area contributed by atoms with Gasteiger partial charge in [-0.3, -0.25) is 9.52 Å². The number of anilines is 2. The first-order valence-electron chi connectivity index (χ1n) is 8.51. The van der Waals surface area contributed by atoms with Crippen molar-refractivity contribution in [2.45, 2.75) is 11.8 Å². The first kappa shape index (κ1) is 20.9. The maximum Gasteiger partial charge on any atom is 0.262 e. The number of rotatable bonds is 6. The molecule has 1 N–H and O–H groups in total. The first-order chi connectivity index (χ1) is 13.6. The zero-order valence-corrected chi connectivity index (χ0v) is 17.6. The molecule has 0 spiro atoms. The van der Waals surface area contributed by atoms with E-state index in [1.165, 1.54) is 57.5 Å². The van der Waals surface area contributed by atoms with Crippen molar-refractivity contribution >= 4 is 37.3 Å². The summed E-state index contributed by atoms with van der Waals surface area (Å²) in [6.45, 7) is 1.53. The average molecular weight is 440 g/mol. The summed E-state index contributed by atoms with van der Waals surface area (Å²) in [6, 6.07) is 9.65. The molecule has 0 saturated carbocycles. The molecule has 2 aromatic carbocycles. The maximum atomic E-state index is 12.7. The lowest BCUT2D eigenvalue weighted by atomic mass is 10.2. The average Bonchev–Trinajstić information content (AvgIpc) is 2.88. The van der Waals surface area contributed by atoms with Gasteiger partial charge in [0.05, 0.1) is 42.2 Å². The van der Waals surface area contributed by atoms with Crippen LogP contribution in [0, 0.1) is 5.92 Å². The van der Waals surface area contributed by atoms with E-state index in [0.29, 0.717) is 10.1 Å². The highest BCUT2D eigenvalue weighted by molar-refractivity contribution is 7.94. The fourth-order valence-corrected chi connectivity index (χ4v) is 5.82. The van der Waals surface area contributed by atoms with Gasteiger partial charge < -0.3 is 9.47 Å². The zero-order chi connectivity index (χ0) is 21.4. The number of carbonyl (C=O) groups excluding carboxylic acids is 1. The molecule has 1 saturated heterocycles. The molecule has 156 valence electrons. The molecule has 0 aromatic heterocycles. The molecule has 0 radical (unpaired) electrons. The number of nitrogens with zero attached hydrogens (tertiary/aromatic N) is 1. The fraction of sp³-hybridized carbons (Fsp3) is 0.278. The molecular weight excluding hydrogens is 420 g/mol. The largest absolute Gasteiger partial charge is 0.497 e. The molecule has 1 unspecified atom stereocenters. The molecule has 0 bridgehead atoms. The standard InChI is InChI=1S/C18H20N2O7S2/c1-12-11-28(22,23)20(18(12)21)13-4-7-15(8-5-13)29(24,25)19-16-9-6-14(26-2)10-17(16)27-3/h4-10,12,19H,11H2,1-3H3. The number of carbonyl (C=O) groups is 1. The van der Waals surface area contributed by atoms with Crippen LogP contribution in [0.1, 0.15) is 6.92 Å². The molecule has 1 heterocycles. The van der Waals surface area contributed by atoms with Gasteiger partial charge in [0.1, 0.15) is 11.5 Å². The van der Waals surface area contributed by atoms with Crippen molar-refractivity contribution in [3.63, 3.8) is 0 Å². The van der Waals surface area contributed by atoms with Crippen molar-refractivity contribution in [3.05, 3.63) is 42.5 Å². The van der Waals surface area contributed by atoms with E-state index < -0.39 is 31.9 Å². The van der Waals surface area contributed by atoms with Crippen molar-refractivity contribution in [2.75, 3.05) is 29.0 Å². The van der Waals surface area contributed by atoms with Crippen LogP contribution in [0.5, 0.6) is 11.5 Å². The number of benzene rings is 2. The number of methoxy groups -OCH3 is 2. The summed E-state index contributed by atoms with van der Waals surface area (Å²) in [6.07, 6.45) is 0. The van der Waals surface area contributed by atoms with Gasteiger partial charge in [-0.2, -0.15) is 0 Å². The van der Waals surface area contributed by atoms with Crippen LogP contribution >= 0.6 is 0 Å². The third-order valence-corrected chi connectivity index (χ3v) is 7.64.